The molecule has 0 saturated heterocycles. The third kappa shape index (κ3) is 4.06. The van der Waals surface area contributed by atoms with Crippen molar-refractivity contribution in [2.75, 3.05) is 0 Å². The Hall–Kier alpha value is -6.64. The van der Waals surface area contributed by atoms with Crippen LogP contribution < -0.4 is 0 Å². The summed E-state index contributed by atoms with van der Waals surface area (Å²) in [5.41, 5.74) is 20.6. The number of nitrogens with zero attached hydrogens (tertiary/aromatic N) is 2. The van der Waals surface area contributed by atoms with Gasteiger partial charge in [-0.05, 0) is 104 Å². The molecule has 0 N–H and O–H groups in total. The molecule has 0 spiro atoms. The van der Waals surface area contributed by atoms with Gasteiger partial charge in [0.15, 0.2) is 0 Å². The van der Waals surface area contributed by atoms with Crippen molar-refractivity contribution in [1.82, 2.24) is 9.13 Å². The Balaban J connectivity index is 1.11. The second kappa shape index (κ2) is 11.0. The number of rotatable bonds is 3. The zero-order chi connectivity index (χ0) is 37.5. The van der Waals surface area contributed by atoms with Gasteiger partial charge in [-0.2, -0.15) is 0 Å². The standard InChI is InChI=1S/C54H40N2/c1-53(2)45-20-10-5-15-37(45)43-27-28-44-38-26-25-33(31-46(38)54(3,4)52(44)51(43)53)34-29-35(55-47-21-11-6-16-39(47)40-17-7-12-22-48(40)55)32-36(30-34)56-49-23-13-8-18-41(49)42-19-9-14-24-50(42)56/h5-32H,1-4H3. The normalized spacial score (nSPS) is 14.7. The lowest BCUT2D eigenvalue weighted by Gasteiger charge is -2.30. The fraction of sp³-hybridized carbons (Fsp3) is 0.111. The molecule has 0 bridgehead atoms. The monoisotopic (exact) mass is 716 g/mol. The minimum Gasteiger partial charge on any atom is -0.309 e. The van der Waals surface area contributed by atoms with Crippen molar-refractivity contribution < 1.29 is 0 Å². The third-order valence-electron chi connectivity index (χ3n) is 13.2. The van der Waals surface area contributed by atoms with E-state index in [1.807, 2.05) is 0 Å². The summed E-state index contributed by atoms with van der Waals surface area (Å²) in [7, 11) is 0. The lowest BCUT2D eigenvalue weighted by Crippen LogP contribution is -2.24. The fourth-order valence-electron chi connectivity index (χ4n) is 10.8. The summed E-state index contributed by atoms with van der Waals surface area (Å²) in [4.78, 5) is 0. The van der Waals surface area contributed by atoms with E-state index in [0.29, 0.717) is 0 Å². The molecule has 12 rings (SSSR count). The molecule has 2 nitrogen and oxygen atoms in total. The highest BCUT2D eigenvalue weighted by Gasteiger charge is 2.45. The maximum atomic E-state index is 2.50. The van der Waals surface area contributed by atoms with Crippen LogP contribution in [0.2, 0.25) is 0 Å². The van der Waals surface area contributed by atoms with E-state index in [-0.39, 0.29) is 10.8 Å². The second-order valence-electron chi connectivity index (χ2n) is 16.9. The summed E-state index contributed by atoms with van der Waals surface area (Å²) < 4.78 is 4.92. The van der Waals surface area contributed by atoms with E-state index >= 15 is 0 Å². The second-order valence-corrected chi connectivity index (χ2v) is 16.9. The smallest absolute Gasteiger partial charge is 0.0541 e. The van der Waals surface area contributed by atoms with E-state index in [1.165, 1.54) is 99.2 Å². The van der Waals surface area contributed by atoms with Gasteiger partial charge in [-0.1, -0.05) is 149 Å². The van der Waals surface area contributed by atoms with Gasteiger partial charge in [0, 0.05) is 43.7 Å². The quantitative estimate of drug-likeness (QED) is 0.172. The number of hydrogen-bond acceptors (Lipinski definition) is 0. The fourth-order valence-corrected chi connectivity index (χ4v) is 10.8. The highest BCUT2D eigenvalue weighted by molar-refractivity contribution is 6.11. The van der Waals surface area contributed by atoms with Gasteiger partial charge in [0.25, 0.3) is 0 Å². The van der Waals surface area contributed by atoms with Gasteiger partial charge in [-0.3, -0.25) is 0 Å². The summed E-state index contributed by atoms with van der Waals surface area (Å²) in [6, 6.07) is 63.5. The third-order valence-corrected chi connectivity index (χ3v) is 13.2. The van der Waals surface area contributed by atoms with E-state index < -0.39 is 0 Å². The lowest BCUT2D eigenvalue weighted by atomic mass is 9.72. The minimum absolute atomic E-state index is 0.0761. The van der Waals surface area contributed by atoms with E-state index in [9.17, 15) is 0 Å². The van der Waals surface area contributed by atoms with Gasteiger partial charge in [-0.25, -0.2) is 0 Å². The Morgan fingerprint density at radius 1 is 0.321 bits per heavy atom. The molecule has 0 unspecified atom stereocenters. The van der Waals surface area contributed by atoms with E-state index in [1.54, 1.807) is 0 Å². The van der Waals surface area contributed by atoms with Crippen molar-refractivity contribution in [3.05, 3.63) is 192 Å². The van der Waals surface area contributed by atoms with E-state index in [0.717, 1.165) is 11.4 Å². The van der Waals surface area contributed by atoms with Gasteiger partial charge in [0.05, 0.1) is 22.1 Å². The zero-order valence-electron chi connectivity index (χ0n) is 32.1. The SMILES string of the molecule is CC1(C)c2ccccc2-c2ccc3c(c21)C(C)(C)c1cc(-c2cc(-n4c5ccccc5c5ccccc54)cc(-n4c5ccccc5c5ccccc54)c2)ccc1-3. The first kappa shape index (κ1) is 31.7. The first-order valence-corrected chi connectivity index (χ1v) is 19.9. The first-order valence-electron chi connectivity index (χ1n) is 19.9. The number of hydrogen-bond donors (Lipinski definition) is 0. The van der Waals surface area contributed by atoms with Crippen molar-refractivity contribution in [3.63, 3.8) is 0 Å². The Morgan fingerprint density at radius 3 is 1.21 bits per heavy atom. The van der Waals surface area contributed by atoms with E-state index in [4.69, 9.17) is 0 Å². The summed E-state index contributed by atoms with van der Waals surface area (Å²) in [5.74, 6) is 0. The molecule has 266 valence electrons. The highest BCUT2D eigenvalue weighted by Crippen LogP contribution is 2.59. The van der Waals surface area contributed by atoms with Crippen molar-refractivity contribution >= 4 is 43.6 Å². The average Bonchev–Trinajstić information content (AvgIpc) is 3.89. The largest absolute Gasteiger partial charge is 0.309 e. The van der Waals surface area contributed by atoms with Crippen LogP contribution in [0.15, 0.2) is 170 Å². The van der Waals surface area contributed by atoms with Gasteiger partial charge < -0.3 is 9.13 Å². The van der Waals surface area contributed by atoms with Crippen LogP contribution in [0, 0.1) is 0 Å². The summed E-state index contributed by atoms with van der Waals surface area (Å²) in [6.45, 7) is 9.72. The Kier molecular flexibility index (Phi) is 6.22. The van der Waals surface area contributed by atoms with Crippen LogP contribution in [-0.4, -0.2) is 9.13 Å². The molecule has 2 aliphatic rings. The van der Waals surface area contributed by atoms with E-state index in [2.05, 4.69) is 207 Å². The molecule has 8 aromatic carbocycles. The highest BCUT2D eigenvalue weighted by atomic mass is 15.0. The van der Waals surface area contributed by atoms with Crippen LogP contribution in [0.1, 0.15) is 49.9 Å². The van der Waals surface area contributed by atoms with Crippen LogP contribution in [-0.2, 0) is 10.8 Å². The molecule has 10 aromatic rings. The van der Waals surface area contributed by atoms with Crippen LogP contribution in [0.5, 0.6) is 0 Å². The molecule has 0 amide bonds. The zero-order valence-corrected chi connectivity index (χ0v) is 32.1. The van der Waals surface area contributed by atoms with Crippen molar-refractivity contribution in [2.45, 2.75) is 38.5 Å². The first-order chi connectivity index (χ1) is 27.3. The average molecular weight is 717 g/mol. The molecule has 56 heavy (non-hydrogen) atoms. The van der Waals surface area contributed by atoms with Crippen molar-refractivity contribution in [1.29, 1.82) is 0 Å². The molecule has 2 heteroatoms. The van der Waals surface area contributed by atoms with Crippen LogP contribution >= 0.6 is 0 Å². The molecule has 0 atom stereocenters. The summed E-state index contributed by atoms with van der Waals surface area (Å²) >= 11 is 0. The molecule has 0 aliphatic heterocycles. The number of para-hydroxylation sites is 4. The number of aromatic nitrogens is 2. The molecular formula is C54H40N2. The van der Waals surface area contributed by atoms with Gasteiger partial charge in [-0.15, -0.1) is 0 Å². The molecule has 0 saturated carbocycles. The Bertz CT molecular complexity index is 3070. The van der Waals surface area contributed by atoms with Gasteiger partial charge in [0.2, 0.25) is 0 Å². The maximum Gasteiger partial charge on any atom is 0.0541 e. The van der Waals surface area contributed by atoms with Crippen molar-refractivity contribution in [2.24, 2.45) is 0 Å². The van der Waals surface area contributed by atoms with Gasteiger partial charge in [0.1, 0.15) is 0 Å². The molecular weight excluding hydrogens is 677 g/mol. The Morgan fingerprint density at radius 2 is 0.714 bits per heavy atom. The molecule has 0 radical (unpaired) electrons. The van der Waals surface area contributed by atoms with Gasteiger partial charge >= 0.3 is 0 Å². The maximum absolute atomic E-state index is 2.50. The molecule has 0 fully saturated rings. The van der Waals surface area contributed by atoms with Crippen LogP contribution in [0.3, 0.4) is 0 Å². The molecule has 2 aliphatic carbocycles. The predicted octanol–water partition coefficient (Wildman–Crippen LogP) is 14.2. The van der Waals surface area contributed by atoms with Crippen LogP contribution in [0.25, 0.3) is 88.4 Å². The van der Waals surface area contributed by atoms with Crippen LogP contribution in [0.4, 0.5) is 0 Å². The predicted molar refractivity (Wildman–Crippen MR) is 236 cm³/mol. The molecule has 2 aromatic heterocycles. The Labute approximate surface area is 326 Å². The molecule has 2 heterocycles. The topological polar surface area (TPSA) is 9.86 Å². The van der Waals surface area contributed by atoms with Crippen molar-refractivity contribution in [3.8, 4) is 44.8 Å². The number of benzene rings is 8. The number of fused-ring (bicyclic) bond motifs is 13. The summed E-state index contributed by atoms with van der Waals surface area (Å²) in [6.07, 6.45) is 0. The lowest BCUT2D eigenvalue weighted by molar-refractivity contribution is 0.601. The summed E-state index contributed by atoms with van der Waals surface area (Å²) in [5, 5.41) is 5.06. The minimum atomic E-state index is -0.175.